The Morgan fingerprint density at radius 1 is 1.26 bits per heavy atom. The summed E-state index contributed by atoms with van der Waals surface area (Å²) in [5.74, 6) is 0.717. The van der Waals surface area contributed by atoms with Crippen LogP contribution in [0.25, 0.3) is 0 Å². The molecular formula is C15H18BrN3. The second kappa shape index (κ2) is 5.47. The summed E-state index contributed by atoms with van der Waals surface area (Å²) in [5.41, 5.74) is 2.58. The molecule has 0 spiro atoms. The van der Waals surface area contributed by atoms with E-state index in [1.54, 1.807) is 0 Å². The lowest BCUT2D eigenvalue weighted by Gasteiger charge is -2.36. The van der Waals surface area contributed by atoms with Gasteiger partial charge in [0.2, 0.25) is 0 Å². The van der Waals surface area contributed by atoms with Gasteiger partial charge >= 0.3 is 0 Å². The minimum atomic E-state index is 0.635. The van der Waals surface area contributed by atoms with Crippen molar-refractivity contribution in [3.05, 3.63) is 52.3 Å². The van der Waals surface area contributed by atoms with E-state index in [1.807, 2.05) is 17.9 Å². The van der Waals surface area contributed by atoms with Gasteiger partial charge < -0.3 is 5.32 Å². The largest absolute Gasteiger partial charge is 0.308 e. The molecule has 1 aliphatic carbocycles. The van der Waals surface area contributed by atoms with Gasteiger partial charge in [-0.1, -0.05) is 28.1 Å². The van der Waals surface area contributed by atoms with Crippen molar-refractivity contribution >= 4 is 15.9 Å². The van der Waals surface area contributed by atoms with Gasteiger partial charge in [0.05, 0.1) is 5.69 Å². The van der Waals surface area contributed by atoms with E-state index in [0.717, 1.165) is 16.7 Å². The van der Waals surface area contributed by atoms with E-state index in [0.29, 0.717) is 12.0 Å². The van der Waals surface area contributed by atoms with Crippen LogP contribution in [0, 0.1) is 0 Å². The molecule has 1 heterocycles. The smallest absolute Gasteiger partial charge is 0.0762 e. The molecule has 3 rings (SSSR count). The number of hydrogen-bond acceptors (Lipinski definition) is 2. The van der Waals surface area contributed by atoms with Crippen molar-refractivity contribution in [1.29, 1.82) is 0 Å². The lowest BCUT2D eigenvalue weighted by atomic mass is 9.76. The topological polar surface area (TPSA) is 29.9 Å². The van der Waals surface area contributed by atoms with Crippen molar-refractivity contribution < 1.29 is 0 Å². The summed E-state index contributed by atoms with van der Waals surface area (Å²) in [4.78, 5) is 0. The molecule has 0 saturated heterocycles. The van der Waals surface area contributed by atoms with E-state index in [-0.39, 0.29) is 0 Å². The lowest BCUT2D eigenvalue weighted by molar-refractivity contribution is 0.288. The maximum Gasteiger partial charge on any atom is 0.0762 e. The highest BCUT2D eigenvalue weighted by Crippen LogP contribution is 2.37. The monoisotopic (exact) mass is 319 g/mol. The normalized spacial score (nSPS) is 22.2. The number of rotatable bonds is 4. The quantitative estimate of drug-likeness (QED) is 0.937. The highest BCUT2D eigenvalue weighted by atomic mass is 79.9. The van der Waals surface area contributed by atoms with Crippen molar-refractivity contribution in [3.63, 3.8) is 0 Å². The molecule has 1 aliphatic rings. The number of aryl methyl sites for hydroxylation is 1. The van der Waals surface area contributed by atoms with Gasteiger partial charge in [0, 0.05) is 30.3 Å². The second-order valence-corrected chi connectivity index (χ2v) is 6.19. The van der Waals surface area contributed by atoms with Gasteiger partial charge in [-0.2, -0.15) is 5.10 Å². The molecule has 100 valence electrons. The van der Waals surface area contributed by atoms with Crippen molar-refractivity contribution in [2.45, 2.75) is 31.3 Å². The van der Waals surface area contributed by atoms with Crippen LogP contribution in [0.3, 0.4) is 0 Å². The van der Waals surface area contributed by atoms with E-state index in [9.17, 15) is 0 Å². The Labute approximate surface area is 122 Å². The van der Waals surface area contributed by atoms with Crippen LogP contribution in [-0.2, 0) is 13.6 Å². The molecule has 0 aliphatic heterocycles. The van der Waals surface area contributed by atoms with Gasteiger partial charge in [-0.15, -0.1) is 0 Å². The van der Waals surface area contributed by atoms with E-state index in [4.69, 9.17) is 0 Å². The SMILES string of the molecule is Cn1ccc(CNC2CC(c3ccc(Br)cc3)C2)n1. The summed E-state index contributed by atoms with van der Waals surface area (Å²) >= 11 is 3.48. The molecule has 0 unspecified atom stereocenters. The Balaban J connectivity index is 1.46. The zero-order chi connectivity index (χ0) is 13.2. The van der Waals surface area contributed by atoms with Crippen LogP contribution in [-0.4, -0.2) is 15.8 Å². The van der Waals surface area contributed by atoms with Crippen LogP contribution in [0.4, 0.5) is 0 Å². The lowest BCUT2D eigenvalue weighted by Crippen LogP contribution is -2.39. The standard InChI is InChI=1S/C15H18BrN3/c1-19-7-6-14(18-19)10-17-15-8-12(9-15)11-2-4-13(16)5-3-11/h2-7,12,15,17H,8-10H2,1H3. The first kappa shape index (κ1) is 12.9. The molecule has 2 aromatic rings. The van der Waals surface area contributed by atoms with Crippen molar-refractivity contribution in [2.24, 2.45) is 7.05 Å². The third-order valence-corrected chi connectivity index (χ3v) is 4.35. The molecule has 19 heavy (non-hydrogen) atoms. The molecule has 0 amide bonds. The Kier molecular flexibility index (Phi) is 3.71. The maximum atomic E-state index is 4.38. The number of hydrogen-bond donors (Lipinski definition) is 1. The third-order valence-electron chi connectivity index (χ3n) is 3.82. The fourth-order valence-corrected chi connectivity index (χ4v) is 2.86. The van der Waals surface area contributed by atoms with E-state index in [1.165, 1.54) is 18.4 Å². The first-order valence-corrected chi connectivity index (χ1v) is 7.47. The van der Waals surface area contributed by atoms with Gasteiger partial charge in [0.15, 0.2) is 0 Å². The summed E-state index contributed by atoms with van der Waals surface area (Å²) in [5, 5.41) is 7.95. The van der Waals surface area contributed by atoms with E-state index < -0.39 is 0 Å². The molecule has 1 fully saturated rings. The average Bonchev–Trinajstić information content (AvgIpc) is 2.75. The average molecular weight is 320 g/mol. The summed E-state index contributed by atoms with van der Waals surface area (Å²) in [6, 6.07) is 11.4. The Hall–Kier alpha value is -1.13. The third kappa shape index (κ3) is 3.07. The zero-order valence-corrected chi connectivity index (χ0v) is 12.6. The molecule has 0 radical (unpaired) electrons. The first-order chi connectivity index (χ1) is 9.20. The molecular weight excluding hydrogens is 302 g/mol. The first-order valence-electron chi connectivity index (χ1n) is 6.68. The summed E-state index contributed by atoms with van der Waals surface area (Å²) in [6.07, 6.45) is 4.45. The van der Waals surface area contributed by atoms with Crippen LogP contribution < -0.4 is 5.32 Å². The highest BCUT2D eigenvalue weighted by molar-refractivity contribution is 9.10. The van der Waals surface area contributed by atoms with E-state index >= 15 is 0 Å². The second-order valence-electron chi connectivity index (χ2n) is 5.28. The number of benzene rings is 1. The molecule has 1 aromatic carbocycles. The molecule has 4 heteroatoms. The molecule has 1 saturated carbocycles. The van der Waals surface area contributed by atoms with Crippen molar-refractivity contribution in [1.82, 2.24) is 15.1 Å². The predicted octanol–water partition coefficient (Wildman–Crippen LogP) is 3.22. The minimum absolute atomic E-state index is 0.635. The number of aromatic nitrogens is 2. The fourth-order valence-electron chi connectivity index (χ4n) is 2.60. The Morgan fingerprint density at radius 3 is 2.63 bits per heavy atom. The van der Waals surface area contributed by atoms with Crippen LogP contribution in [0.1, 0.15) is 30.0 Å². The van der Waals surface area contributed by atoms with Crippen molar-refractivity contribution in [3.8, 4) is 0 Å². The van der Waals surface area contributed by atoms with Gasteiger partial charge in [-0.3, -0.25) is 4.68 Å². The van der Waals surface area contributed by atoms with Gasteiger partial charge in [0.25, 0.3) is 0 Å². The number of nitrogens with one attached hydrogen (secondary N) is 1. The van der Waals surface area contributed by atoms with Crippen LogP contribution in [0.2, 0.25) is 0 Å². The van der Waals surface area contributed by atoms with Gasteiger partial charge in [0.1, 0.15) is 0 Å². The molecule has 1 N–H and O–H groups in total. The van der Waals surface area contributed by atoms with Crippen molar-refractivity contribution in [2.75, 3.05) is 0 Å². The van der Waals surface area contributed by atoms with E-state index in [2.05, 4.69) is 56.7 Å². The zero-order valence-electron chi connectivity index (χ0n) is 11.0. The maximum absolute atomic E-state index is 4.38. The minimum Gasteiger partial charge on any atom is -0.308 e. The molecule has 3 nitrogen and oxygen atoms in total. The van der Waals surface area contributed by atoms with Gasteiger partial charge in [-0.25, -0.2) is 0 Å². The van der Waals surface area contributed by atoms with Crippen LogP contribution in [0.15, 0.2) is 41.0 Å². The summed E-state index contributed by atoms with van der Waals surface area (Å²) < 4.78 is 3.00. The summed E-state index contributed by atoms with van der Waals surface area (Å²) in [7, 11) is 1.95. The Morgan fingerprint density at radius 2 is 2.00 bits per heavy atom. The fraction of sp³-hybridized carbons (Fsp3) is 0.400. The van der Waals surface area contributed by atoms with Gasteiger partial charge in [-0.05, 0) is 42.5 Å². The number of nitrogens with zero attached hydrogens (tertiary/aromatic N) is 2. The summed E-state index contributed by atoms with van der Waals surface area (Å²) in [6.45, 7) is 0.874. The van der Waals surface area contributed by atoms with Crippen LogP contribution in [0.5, 0.6) is 0 Å². The predicted molar refractivity (Wildman–Crippen MR) is 80.0 cm³/mol. The Bertz CT molecular complexity index is 541. The van der Waals surface area contributed by atoms with Crippen LogP contribution >= 0.6 is 15.9 Å². The highest BCUT2D eigenvalue weighted by Gasteiger charge is 2.29. The molecule has 0 bridgehead atoms. The number of halogens is 1. The molecule has 0 atom stereocenters. The molecule has 1 aromatic heterocycles.